The van der Waals surface area contributed by atoms with Crippen LogP contribution in [0.5, 0.6) is 0 Å². The van der Waals surface area contributed by atoms with Crippen LogP contribution in [0.2, 0.25) is 0 Å². The van der Waals surface area contributed by atoms with Gasteiger partial charge in [0.15, 0.2) is 0 Å². The van der Waals surface area contributed by atoms with Gasteiger partial charge in [0, 0.05) is 46.9 Å². The molecule has 5 heteroatoms. The third-order valence-electron chi connectivity index (χ3n) is 2.93. The maximum atomic E-state index is 12.1. The molecule has 0 bridgehead atoms. The zero-order valence-electron chi connectivity index (χ0n) is 12.4. The summed E-state index contributed by atoms with van der Waals surface area (Å²) in [4.78, 5) is 12.1. The van der Waals surface area contributed by atoms with Crippen LogP contribution < -0.4 is 5.32 Å². The number of hydrogen-bond donors (Lipinski definition) is 2. The molecule has 2 N–H and O–H groups in total. The smallest absolute Gasteiger partial charge is 0.251 e. The van der Waals surface area contributed by atoms with E-state index in [9.17, 15) is 9.00 Å². The Balaban J connectivity index is 2.70. The largest absolute Gasteiger partial charge is 0.395 e. The Morgan fingerprint density at radius 1 is 1.43 bits per heavy atom. The molecule has 0 saturated heterocycles. The predicted molar refractivity (Wildman–Crippen MR) is 85.6 cm³/mol. The molecule has 0 fully saturated rings. The average molecular weight is 307 g/mol. The first kappa shape index (κ1) is 17.4. The van der Waals surface area contributed by atoms with Crippen molar-refractivity contribution in [3.05, 3.63) is 34.9 Å². The van der Waals surface area contributed by atoms with Crippen LogP contribution >= 0.6 is 0 Å². The van der Waals surface area contributed by atoms with Gasteiger partial charge in [-0.15, -0.1) is 0 Å². The highest BCUT2D eigenvalue weighted by Gasteiger charge is 2.10. The lowest BCUT2D eigenvalue weighted by molar-refractivity contribution is 0.0953. The van der Waals surface area contributed by atoms with Crippen LogP contribution in [0.25, 0.3) is 0 Å². The summed E-state index contributed by atoms with van der Waals surface area (Å²) in [6, 6.07) is 5.42. The van der Waals surface area contributed by atoms with E-state index in [1.165, 1.54) is 0 Å². The maximum absolute atomic E-state index is 12.1. The number of amides is 1. The number of aliphatic hydroxyl groups is 1. The summed E-state index contributed by atoms with van der Waals surface area (Å²) < 4.78 is 10.9. The van der Waals surface area contributed by atoms with Crippen molar-refractivity contribution in [2.75, 3.05) is 25.2 Å². The van der Waals surface area contributed by atoms with Gasteiger partial charge in [0.2, 0.25) is 0 Å². The monoisotopic (exact) mass is 307 g/mol. The van der Waals surface area contributed by atoms with Crippen LogP contribution in [0.1, 0.15) is 34.3 Å². The van der Waals surface area contributed by atoms with Crippen molar-refractivity contribution in [2.24, 2.45) is 0 Å². The topological polar surface area (TPSA) is 66.4 Å². The second kappa shape index (κ2) is 9.32. The van der Waals surface area contributed by atoms with Gasteiger partial charge in [-0.3, -0.25) is 9.00 Å². The molecule has 0 saturated carbocycles. The SMILES string of the molecule is Cc1c(C#CCCO)cccc1C(=O)NCCCS(C)=O. The summed E-state index contributed by atoms with van der Waals surface area (Å²) in [6.07, 6.45) is 2.77. The third kappa shape index (κ3) is 6.11. The van der Waals surface area contributed by atoms with Crippen molar-refractivity contribution in [2.45, 2.75) is 19.8 Å². The summed E-state index contributed by atoms with van der Waals surface area (Å²) in [5.74, 6) is 6.27. The standard InChI is InChI=1S/C16H21NO3S/c1-13-14(7-3-4-11-18)8-5-9-15(13)16(19)17-10-6-12-21(2)20/h5,8-9,18H,4,6,10-12H2,1-2H3,(H,17,19). The van der Waals surface area contributed by atoms with E-state index in [1.54, 1.807) is 18.4 Å². The van der Waals surface area contributed by atoms with Gasteiger partial charge in [0.1, 0.15) is 0 Å². The maximum Gasteiger partial charge on any atom is 0.251 e. The minimum atomic E-state index is -0.828. The van der Waals surface area contributed by atoms with E-state index < -0.39 is 10.8 Å². The van der Waals surface area contributed by atoms with Crippen LogP contribution in [0.15, 0.2) is 18.2 Å². The average Bonchev–Trinajstić information content (AvgIpc) is 2.45. The fourth-order valence-corrected chi connectivity index (χ4v) is 2.35. The van der Waals surface area contributed by atoms with E-state index in [4.69, 9.17) is 5.11 Å². The molecule has 0 radical (unpaired) electrons. The minimum absolute atomic E-state index is 0.0328. The summed E-state index contributed by atoms with van der Waals surface area (Å²) in [6.45, 7) is 2.41. The van der Waals surface area contributed by atoms with Crippen LogP contribution in [0.3, 0.4) is 0 Å². The molecule has 0 aliphatic heterocycles. The molecule has 1 unspecified atom stereocenters. The van der Waals surface area contributed by atoms with E-state index in [0.29, 0.717) is 30.7 Å². The highest BCUT2D eigenvalue weighted by molar-refractivity contribution is 7.84. The number of carbonyl (C=O) groups is 1. The van der Waals surface area contributed by atoms with E-state index in [0.717, 1.165) is 11.1 Å². The predicted octanol–water partition coefficient (Wildman–Crippen LogP) is 1.23. The third-order valence-corrected chi connectivity index (χ3v) is 3.80. The Morgan fingerprint density at radius 3 is 2.86 bits per heavy atom. The van der Waals surface area contributed by atoms with Gasteiger partial charge in [0.25, 0.3) is 5.91 Å². The number of nitrogens with one attached hydrogen (secondary N) is 1. The molecule has 114 valence electrons. The lowest BCUT2D eigenvalue weighted by Gasteiger charge is -2.08. The van der Waals surface area contributed by atoms with E-state index in [2.05, 4.69) is 17.2 Å². The molecule has 21 heavy (non-hydrogen) atoms. The molecule has 0 heterocycles. The molecule has 1 aromatic rings. The number of carbonyl (C=O) groups excluding carboxylic acids is 1. The van der Waals surface area contributed by atoms with E-state index in [-0.39, 0.29) is 12.5 Å². The van der Waals surface area contributed by atoms with Crippen LogP contribution in [0.4, 0.5) is 0 Å². The lowest BCUT2D eigenvalue weighted by atomic mass is 10.0. The Labute approximate surface area is 128 Å². The normalized spacial score (nSPS) is 11.4. The highest BCUT2D eigenvalue weighted by Crippen LogP contribution is 2.12. The van der Waals surface area contributed by atoms with E-state index >= 15 is 0 Å². The molecule has 1 aromatic carbocycles. The van der Waals surface area contributed by atoms with Gasteiger partial charge >= 0.3 is 0 Å². The quantitative estimate of drug-likeness (QED) is 0.613. The van der Waals surface area contributed by atoms with Gasteiger partial charge in [0.05, 0.1) is 6.61 Å². The zero-order chi connectivity index (χ0) is 15.7. The Hall–Kier alpha value is -1.64. The number of benzene rings is 1. The van der Waals surface area contributed by atoms with Crippen molar-refractivity contribution in [3.63, 3.8) is 0 Å². The molecule has 0 aliphatic carbocycles. The van der Waals surface area contributed by atoms with Gasteiger partial charge in [-0.05, 0) is 31.0 Å². The molecular weight excluding hydrogens is 286 g/mol. The number of hydrogen-bond acceptors (Lipinski definition) is 3. The fourth-order valence-electron chi connectivity index (χ4n) is 1.80. The van der Waals surface area contributed by atoms with Gasteiger partial charge in [-0.25, -0.2) is 0 Å². The van der Waals surface area contributed by atoms with Crippen molar-refractivity contribution in [3.8, 4) is 11.8 Å². The molecule has 1 atom stereocenters. The Bertz CT molecular complexity index is 573. The second-order valence-corrected chi connectivity index (χ2v) is 6.19. The minimum Gasteiger partial charge on any atom is -0.395 e. The first-order valence-corrected chi connectivity index (χ1v) is 8.56. The molecule has 4 nitrogen and oxygen atoms in total. The van der Waals surface area contributed by atoms with Gasteiger partial charge in [-0.2, -0.15) is 0 Å². The molecular formula is C16H21NO3S. The molecule has 0 spiro atoms. The zero-order valence-corrected chi connectivity index (χ0v) is 13.3. The first-order valence-electron chi connectivity index (χ1n) is 6.84. The molecule has 1 rings (SSSR count). The van der Waals surface area contributed by atoms with Crippen LogP contribution in [0, 0.1) is 18.8 Å². The Kier molecular flexibility index (Phi) is 7.73. The Morgan fingerprint density at radius 2 is 2.19 bits per heavy atom. The number of aliphatic hydroxyl groups excluding tert-OH is 1. The number of rotatable bonds is 6. The van der Waals surface area contributed by atoms with Gasteiger partial charge in [-0.1, -0.05) is 17.9 Å². The summed E-state index contributed by atoms with van der Waals surface area (Å²) in [5.41, 5.74) is 2.23. The lowest BCUT2D eigenvalue weighted by Crippen LogP contribution is -2.26. The van der Waals surface area contributed by atoms with Crippen LogP contribution in [-0.4, -0.2) is 40.4 Å². The summed E-state index contributed by atoms with van der Waals surface area (Å²) >= 11 is 0. The first-order chi connectivity index (χ1) is 10.1. The van der Waals surface area contributed by atoms with Crippen molar-refractivity contribution < 1.29 is 14.1 Å². The van der Waals surface area contributed by atoms with Crippen molar-refractivity contribution >= 4 is 16.7 Å². The van der Waals surface area contributed by atoms with E-state index in [1.807, 2.05) is 13.0 Å². The van der Waals surface area contributed by atoms with Crippen LogP contribution in [-0.2, 0) is 10.8 Å². The van der Waals surface area contributed by atoms with Crippen molar-refractivity contribution in [1.29, 1.82) is 0 Å². The fraction of sp³-hybridized carbons (Fsp3) is 0.438. The molecule has 1 amide bonds. The summed E-state index contributed by atoms with van der Waals surface area (Å²) in [7, 11) is -0.828. The molecule has 0 aliphatic rings. The molecule has 0 aromatic heterocycles. The highest BCUT2D eigenvalue weighted by atomic mass is 32.2. The van der Waals surface area contributed by atoms with Crippen molar-refractivity contribution in [1.82, 2.24) is 5.32 Å². The summed E-state index contributed by atoms with van der Waals surface area (Å²) in [5, 5.41) is 11.6. The second-order valence-electron chi connectivity index (χ2n) is 4.64. The van der Waals surface area contributed by atoms with Gasteiger partial charge < -0.3 is 10.4 Å².